The Morgan fingerprint density at radius 1 is 1.17 bits per heavy atom. The average molecular weight is 398 g/mol. The van der Waals surface area contributed by atoms with Gasteiger partial charge in [0.1, 0.15) is 12.4 Å². The summed E-state index contributed by atoms with van der Waals surface area (Å²) in [6.07, 6.45) is -0.713. The summed E-state index contributed by atoms with van der Waals surface area (Å²) in [5.41, 5.74) is 2.53. The lowest BCUT2D eigenvalue weighted by atomic mass is 10.1. The maximum atomic E-state index is 12.5. The number of carbonyl (C=O) groups is 2. The molecule has 2 atom stereocenters. The van der Waals surface area contributed by atoms with Gasteiger partial charge < -0.3 is 24.8 Å². The fraction of sp³-hybridized carbons (Fsp3) is 0.364. The van der Waals surface area contributed by atoms with Gasteiger partial charge in [0, 0.05) is 12.1 Å². The molecule has 0 aliphatic carbocycles. The molecule has 3 rings (SSSR count). The zero-order valence-corrected chi connectivity index (χ0v) is 16.6. The predicted octanol–water partition coefficient (Wildman–Crippen LogP) is 2.86. The smallest absolute Gasteiger partial charge is 0.410 e. The van der Waals surface area contributed by atoms with Crippen LogP contribution in [0.4, 0.5) is 4.79 Å². The monoisotopic (exact) mass is 398 g/mol. The van der Waals surface area contributed by atoms with Crippen molar-refractivity contribution in [3.63, 3.8) is 0 Å². The topological polar surface area (TPSA) is 88.1 Å². The summed E-state index contributed by atoms with van der Waals surface area (Å²) in [7, 11) is 0. The number of ether oxygens (including phenoxy) is 2. The van der Waals surface area contributed by atoms with Crippen molar-refractivity contribution in [2.75, 3.05) is 19.7 Å². The standard InChI is InChI=1S/C22H26N2O5/c1-15-3-5-17(6-4-15)14-29-22(27)24-12-20(28-13-16(24)2)11-23-21(26)18-7-9-19(25)10-8-18/h3-10,16,20,25H,11-14H2,1-2H3,(H,23,26). The molecule has 0 radical (unpaired) electrons. The first-order valence-corrected chi connectivity index (χ1v) is 9.60. The number of aromatic hydroxyl groups is 1. The van der Waals surface area contributed by atoms with E-state index < -0.39 is 6.09 Å². The normalized spacial score (nSPS) is 18.9. The average Bonchev–Trinajstić information content (AvgIpc) is 2.72. The first-order chi connectivity index (χ1) is 13.9. The molecule has 0 aromatic heterocycles. The Balaban J connectivity index is 1.49. The second kappa shape index (κ2) is 9.43. The van der Waals surface area contributed by atoms with Crippen molar-refractivity contribution in [3.8, 4) is 5.75 Å². The second-order valence-corrected chi connectivity index (χ2v) is 7.25. The molecule has 1 aliphatic heterocycles. The Morgan fingerprint density at radius 3 is 2.55 bits per heavy atom. The number of phenols is 1. The van der Waals surface area contributed by atoms with Gasteiger partial charge in [0.25, 0.3) is 5.91 Å². The molecule has 0 bridgehead atoms. The number of nitrogens with one attached hydrogen (secondary N) is 1. The molecule has 29 heavy (non-hydrogen) atoms. The zero-order chi connectivity index (χ0) is 20.8. The number of hydrogen-bond donors (Lipinski definition) is 2. The maximum absolute atomic E-state index is 12.5. The molecule has 1 aliphatic rings. The van der Waals surface area contributed by atoms with E-state index in [1.165, 1.54) is 12.1 Å². The minimum atomic E-state index is -0.392. The Bertz CT molecular complexity index is 835. The third-order valence-electron chi connectivity index (χ3n) is 4.84. The number of morpholine rings is 1. The van der Waals surface area contributed by atoms with Crippen LogP contribution in [-0.4, -0.2) is 53.8 Å². The predicted molar refractivity (Wildman–Crippen MR) is 108 cm³/mol. The summed E-state index contributed by atoms with van der Waals surface area (Å²) in [4.78, 5) is 26.4. The highest BCUT2D eigenvalue weighted by atomic mass is 16.6. The lowest BCUT2D eigenvalue weighted by Gasteiger charge is -2.37. The van der Waals surface area contributed by atoms with Crippen molar-refractivity contribution >= 4 is 12.0 Å². The van der Waals surface area contributed by atoms with Gasteiger partial charge >= 0.3 is 6.09 Å². The van der Waals surface area contributed by atoms with Crippen molar-refractivity contribution in [2.45, 2.75) is 32.6 Å². The SMILES string of the molecule is Cc1ccc(COC(=O)N2CC(CNC(=O)c3ccc(O)cc3)OCC2C)cc1. The number of rotatable bonds is 5. The van der Waals surface area contributed by atoms with Crippen LogP contribution in [0.25, 0.3) is 0 Å². The molecule has 2 aromatic rings. The van der Waals surface area contributed by atoms with Crippen molar-refractivity contribution in [1.29, 1.82) is 0 Å². The Labute approximate surface area is 170 Å². The van der Waals surface area contributed by atoms with Gasteiger partial charge in [-0.2, -0.15) is 0 Å². The van der Waals surface area contributed by atoms with Gasteiger partial charge in [-0.1, -0.05) is 29.8 Å². The molecular formula is C22H26N2O5. The summed E-state index contributed by atoms with van der Waals surface area (Å²) in [6, 6.07) is 13.7. The fourth-order valence-corrected chi connectivity index (χ4v) is 3.03. The van der Waals surface area contributed by atoms with Crippen LogP contribution in [0, 0.1) is 6.92 Å². The molecule has 7 heteroatoms. The largest absolute Gasteiger partial charge is 0.508 e. The fourth-order valence-electron chi connectivity index (χ4n) is 3.03. The third-order valence-corrected chi connectivity index (χ3v) is 4.84. The van der Waals surface area contributed by atoms with Crippen molar-refractivity contribution < 1.29 is 24.2 Å². The van der Waals surface area contributed by atoms with Crippen LogP contribution < -0.4 is 5.32 Å². The number of amides is 2. The molecule has 2 N–H and O–H groups in total. The van der Waals surface area contributed by atoms with E-state index in [-0.39, 0.29) is 37.0 Å². The zero-order valence-electron chi connectivity index (χ0n) is 16.6. The van der Waals surface area contributed by atoms with Gasteiger partial charge in [0.2, 0.25) is 0 Å². The van der Waals surface area contributed by atoms with E-state index in [2.05, 4.69) is 5.32 Å². The molecule has 2 unspecified atom stereocenters. The minimum absolute atomic E-state index is 0.103. The molecule has 1 saturated heterocycles. The summed E-state index contributed by atoms with van der Waals surface area (Å²) in [5, 5.41) is 12.1. The van der Waals surface area contributed by atoms with Crippen LogP contribution in [0.3, 0.4) is 0 Å². The minimum Gasteiger partial charge on any atom is -0.508 e. The Hall–Kier alpha value is -3.06. The number of phenolic OH excluding ortho intramolecular Hbond substituents is 1. The highest BCUT2D eigenvalue weighted by Crippen LogP contribution is 2.15. The molecule has 7 nitrogen and oxygen atoms in total. The van der Waals surface area contributed by atoms with E-state index in [0.29, 0.717) is 18.7 Å². The second-order valence-electron chi connectivity index (χ2n) is 7.25. The van der Waals surface area contributed by atoms with Crippen molar-refractivity contribution in [3.05, 3.63) is 65.2 Å². The summed E-state index contributed by atoms with van der Waals surface area (Å²) >= 11 is 0. The van der Waals surface area contributed by atoms with Crippen LogP contribution in [0.1, 0.15) is 28.4 Å². The van der Waals surface area contributed by atoms with Gasteiger partial charge in [-0.05, 0) is 43.7 Å². The maximum Gasteiger partial charge on any atom is 0.410 e. The van der Waals surface area contributed by atoms with E-state index in [9.17, 15) is 14.7 Å². The molecule has 0 saturated carbocycles. The third kappa shape index (κ3) is 5.71. The summed E-state index contributed by atoms with van der Waals surface area (Å²) in [5.74, 6) is -0.160. The molecule has 2 amide bonds. The number of benzene rings is 2. The number of carbonyl (C=O) groups excluding carboxylic acids is 2. The lowest BCUT2D eigenvalue weighted by Crippen LogP contribution is -2.53. The van der Waals surface area contributed by atoms with E-state index in [0.717, 1.165) is 11.1 Å². The molecule has 1 fully saturated rings. The number of nitrogens with zero attached hydrogens (tertiary/aromatic N) is 1. The van der Waals surface area contributed by atoms with Crippen LogP contribution in [0.2, 0.25) is 0 Å². The number of hydrogen-bond acceptors (Lipinski definition) is 5. The van der Waals surface area contributed by atoms with Crippen molar-refractivity contribution in [2.24, 2.45) is 0 Å². The molecule has 2 aromatic carbocycles. The van der Waals surface area contributed by atoms with E-state index in [4.69, 9.17) is 9.47 Å². The first-order valence-electron chi connectivity index (χ1n) is 9.60. The quantitative estimate of drug-likeness (QED) is 0.809. The Morgan fingerprint density at radius 2 is 1.86 bits per heavy atom. The lowest BCUT2D eigenvalue weighted by molar-refractivity contribution is -0.0524. The van der Waals surface area contributed by atoms with E-state index >= 15 is 0 Å². The van der Waals surface area contributed by atoms with Crippen LogP contribution >= 0.6 is 0 Å². The highest BCUT2D eigenvalue weighted by Gasteiger charge is 2.31. The van der Waals surface area contributed by atoms with E-state index in [1.54, 1.807) is 17.0 Å². The van der Waals surface area contributed by atoms with Gasteiger partial charge in [0.15, 0.2) is 0 Å². The molecule has 0 spiro atoms. The van der Waals surface area contributed by atoms with E-state index in [1.807, 2.05) is 38.1 Å². The molecule has 1 heterocycles. The van der Waals surface area contributed by atoms with Gasteiger partial charge in [0.05, 0.1) is 25.3 Å². The van der Waals surface area contributed by atoms with Gasteiger partial charge in [-0.15, -0.1) is 0 Å². The summed E-state index contributed by atoms with van der Waals surface area (Å²) in [6.45, 7) is 5.10. The summed E-state index contributed by atoms with van der Waals surface area (Å²) < 4.78 is 11.2. The van der Waals surface area contributed by atoms with Crippen LogP contribution in [0.15, 0.2) is 48.5 Å². The molecule has 154 valence electrons. The van der Waals surface area contributed by atoms with Crippen LogP contribution in [0.5, 0.6) is 5.75 Å². The number of aryl methyl sites for hydroxylation is 1. The van der Waals surface area contributed by atoms with Crippen molar-refractivity contribution in [1.82, 2.24) is 10.2 Å². The highest BCUT2D eigenvalue weighted by molar-refractivity contribution is 5.94. The van der Waals surface area contributed by atoms with Gasteiger partial charge in [-0.25, -0.2) is 4.79 Å². The van der Waals surface area contributed by atoms with Crippen LogP contribution in [-0.2, 0) is 16.1 Å². The first kappa shape index (κ1) is 20.7. The molecular weight excluding hydrogens is 372 g/mol. The van der Waals surface area contributed by atoms with Gasteiger partial charge in [-0.3, -0.25) is 4.79 Å². The Kier molecular flexibility index (Phi) is 6.72.